The Bertz CT molecular complexity index is 873. The van der Waals surface area contributed by atoms with Gasteiger partial charge in [0.15, 0.2) is 6.10 Å². The number of hydrogen-bond acceptors (Lipinski definition) is 5. The molecule has 0 saturated carbocycles. The third-order valence-corrected chi connectivity index (χ3v) is 9.34. The van der Waals surface area contributed by atoms with E-state index in [0.717, 1.165) is 70.6 Å². The maximum atomic E-state index is 12.5. The first kappa shape index (κ1) is 49.9. The molecular weight excluding hydrogens is 645 g/mol. The lowest BCUT2D eigenvalue weighted by Crippen LogP contribution is -2.30. The van der Waals surface area contributed by atoms with Crippen LogP contribution in [0.15, 0.2) is 48.6 Å². The van der Waals surface area contributed by atoms with Crippen molar-refractivity contribution in [2.24, 2.45) is 0 Å². The van der Waals surface area contributed by atoms with Crippen LogP contribution in [-0.4, -0.2) is 37.9 Å². The quantitative estimate of drug-likeness (QED) is 0.0357. The second-order valence-electron chi connectivity index (χ2n) is 14.6. The van der Waals surface area contributed by atoms with Crippen molar-refractivity contribution in [3.8, 4) is 0 Å². The molecule has 0 aliphatic heterocycles. The van der Waals surface area contributed by atoms with Crippen molar-refractivity contribution < 1.29 is 23.8 Å². The molecule has 52 heavy (non-hydrogen) atoms. The summed E-state index contributed by atoms with van der Waals surface area (Å²) < 4.78 is 17.2. The molecule has 0 bridgehead atoms. The molecule has 0 aliphatic carbocycles. The van der Waals surface area contributed by atoms with Crippen LogP contribution in [0.4, 0.5) is 0 Å². The van der Waals surface area contributed by atoms with E-state index in [1.807, 2.05) is 0 Å². The van der Waals surface area contributed by atoms with Gasteiger partial charge in [-0.1, -0.05) is 172 Å². The molecule has 1 atom stereocenters. The predicted molar refractivity (Wildman–Crippen MR) is 224 cm³/mol. The number of rotatable bonds is 40. The summed E-state index contributed by atoms with van der Waals surface area (Å²) in [5, 5.41) is 0. The van der Waals surface area contributed by atoms with Crippen molar-refractivity contribution in [3.63, 3.8) is 0 Å². The van der Waals surface area contributed by atoms with Crippen molar-refractivity contribution in [2.45, 2.75) is 219 Å². The van der Waals surface area contributed by atoms with Crippen LogP contribution in [0.5, 0.6) is 0 Å². The van der Waals surface area contributed by atoms with Crippen molar-refractivity contribution >= 4 is 11.9 Å². The van der Waals surface area contributed by atoms with Gasteiger partial charge in [-0.2, -0.15) is 0 Å². The lowest BCUT2D eigenvalue weighted by molar-refractivity contribution is -0.163. The van der Waals surface area contributed by atoms with Gasteiger partial charge in [0.2, 0.25) is 0 Å². The van der Waals surface area contributed by atoms with E-state index in [2.05, 4.69) is 69.4 Å². The van der Waals surface area contributed by atoms with Crippen LogP contribution in [0.2, 0.25) is 0 Å². The van der Waals surface area contributed by atoms with Crippen LogP contribution < -0.4 is 0 Å². The van der Waals surface area contributed by atoms with Gasteiger partial charge in [0.25, 0.3) is 0 Å². The molecule has 5 heteroatoms. The Morgan fingerprint density at radius 2 is 0.827 bits per heavy atom. The lowest BCUT2D eigenvalue weighted by Gasteiger charge is -2.18. The van der Waals surface area contributed by atoms with Gasteiger partial charge in [-0.3, -0.25) is 9.59 Å². The highest BCUT2D eigenvalue weighted by Crippen LogP contribution is 2.12. The molecule has 0 aliphatic rings. The summed E-state index contributed by atoms with van der Waals surface area (Å²) in [5.74, 6) is -0.426. The summed E-state index contributed by atoms with van der Waals surface area (Å²) in [4.78, 5) is 24.9. The minimum atomic E-state index is -0.537. The Balaban J connectivity index is 4.06. The third-order valence-electron chi connectivity index (χ3n) is 9.34. The van der Waals surface area contributed by atoms with Crippen LogP contribution in [0.1, 0.15) is 213 Å². The average Bonchev–Trinajstić information content (AvgIpc) is 3.14. The first-order valence-electron chi connectivity index (χ1n) is 22.2. The molecule has 0 fully saturated rings. The summed E-state index contributed by atoms with van der Waals surface area (Å²) in [6.07, 6.45) is 51.4. The van der Waals surface area contributed by atoms with Crippen molar-refractivity contribution in [1.82, 2.24) is 0 Å². The molecule has 0 saturated heterocycles. The fourth-order valence-corrected chi connectivity index (χ4v) is 5.97. The van der Waals surface area contributed by atoms with E-state index in [1.54, 1.807) is 0 Å². The van der Waals surface area contributed by atoms with E-state index in [4.69, 9.17) is 14.2 Å². The highest BCUT2D eigenvalue weighted by atomic mass is 16.6. The predicted octanol–water partition coefficient (Wildman–Crippen LogP) is 14.4. The lowest BCUT2D eigenvalue weighted by atomic mass is 10.1. The summed E-state index contributed by atoms with van der Waals surface area (Å²) in [6.45, 7) is 7.66. The van der Waals surface area contributed by atoms with Gasteiger partial charge in [0.05, 0.1) is 6.61 Å². The molecule has 0 aromatic carbocycles. The van der Waals surface area contributed by atoms with Crippen molar-refractivity contribution in [3.05, 3.63) is 48.6 Å². The fourth-order valence-electron chi connectivity index (χ4n) is 5.97. The molecule has 0 aromatic heterocycles. The van der Waals surface area contributed by atoms with Crippen LogP contribution in [0, 0.1) is 0 Å². The average molecular weight is 729 g/mol. The van der Waals surface area contributed by atoms with Crippen LogP contribution >= 0.6 is 0 Å². The number of ether oxygens (including phenoxy) is 3. The Hall–Kier alpha value is -2.14. The van der Waals surface area contributed by atoms with Gasteiger partial charge in [-0.15, -0.1) is 0 Å². The van der Waals surface area contributed by atoms with Crippen molar-refractivity contribution in [1.29, 1.82) is 0 Å². The van der Waals surface area contributed by atoms with E-state index in [1.165, 1.54) is 109 Å². The van der Waals surface area contributed by atoms with Gasteiger partial charge >= 0.3 is 11.9 Å². The Kier molecular flexibility index (Phi) is 41.5. The summed E-state index contributed by atoms with van der Waals surface area (Å²) in [5.41, 5.74) is 0. The molecule has 0 N–H and O–H groups in total. The standard InChI is InChI=1S/C47H84O5/c1-4-7-10-13-15-17-19-20-21-22-23-24-25-26-27-29-31-33-36-39-42-50-43-45(52-47(49)41-38-34-12-9-6-3)44-51-46(48)40-37-35-32-30-28-18-16-14-11-8-5-2/h14-17,20-21,23-24,45H,4-13,18-19,22,25-44H2,1-3H3/b16-14-,17-15-,21-20-,24-23-. The zero-order chi connectivity index (χ0) is 37.8. The first-order valence-corrected chi connectivity index (χ1v) is 22.2. The fraction of sp³-hybridized carbons (Fsp3) is 0.787. The number of carbonyl (C=O) groups is 2. The zero-order valence-corrected chi connectivity index (χ0v) is 34.6. The molecule has 0 rings (SSSR count). The Morgan fingerprint density at radius 1 is 0.423 bits per heavy atom. The van der Waals surface area contributed by atoms with Gasteiger partial charge in [0.1, 0.15) is 6.61 Å². The normalized spacial score (nSPS) is 12.6. The first-order chi connectivity index (χ1) is 25.6. The number of hydrogen-bond donors (Lipinski definition) is 0. The van der Waals surface area contributed by atoms with Crippen LogP contribution in [0.25, 0.3) is 0 Å². The monoisotopic (exact) mass is 729 g/mol. The molecule has 0 spiro atoms. The topological polar surface area (TPSA) is 61.8 Å². The molecule has 5 nitrogen and oxygen atoms in total. The summed E-state index contributed by atoms with van der Waals surface area (Å²) >= 11 is 0. The smallest absolute Gasteiger partial charge is 0.306 e. The Morgan fingerprint density at radius 3 is 1.40 bits per heavy atom. The molecular formula is C47H84O5. The summed E-state index contributed by atoms with van der Waals surface area (Å²) in [7, 11) is 0. The van der Waals surface area contributed by atoms with E-state index in [0.29, 0.717) is 19.4 Å². The molecule has 0 radical (unpaired) electrons. The van der Waals surface area contributed by atoms with Crippen LogP contribution in [0.3, 0.4) is 0 Å². The molecule has 0 heterocycles. The number of unbranched alkanes of at least 4 members (excludes halogenated alkanes) is 21. The molecule has 1 unspecified atom stereocenters. The van der Waals surface area contributed by atoms with Gasteiger partial charge in [0, 0.05) is 19.4 Å². The minimum Gasteiger partial charge on any atom is -0.462 e. The third kappa shape index (κ3) is 40.6. The maximum absolute atomic E-state index is 12.5. The highest BCUT2D eigenvalue weighted by Gasteiger charge is 2.17. The van der Waals surface area contributed by atoms with Gasteiger partial charge < -0.3 is 14.2 Å². The second-order valence-corrected chi connectivity index (χ2v) is 14.6. The van der Waals surface area contributed by atoms with Crippen molar-refractivity contribution in [2.75, 3.05) is 19.8 Å². The number of esters is 2. The molecule has 0 aromatic rings. The number of carbonyl (C=O) groups excluding carboxylic acids is 2. The second kappa shape index (κ2) is 43.3. The Labute approximate surface area is 322 Å². The van der Waals surface area contributed by atoms with E-state index in [9.17, 15) is 9.59 Å². The molecule has 302 valence electrons. The highest BCUT2D eigenvalue weighted by molar-refractivity contribution is 5.70. The zero-order valence-electron chi connectivity index (χ0n) is 34.6. The van der Waals surface area contributed by atoms with E-state index in [-0.39, 0.29) is 25.2 Å². The van der Waals surface area contributed by atoms with Gasteiger partial charge in [-0.05, 0) is 77.0 Å². The summed E-state index contributed by atoms with van der Waals surface area (Å²) in [6, 6.07) is 0. The minimum absolute atomic E-state index is 0.0769. The molecule has 0 amide bonds. The van der Waals surface area contributed by atoms with Gasteiger partial charge in [-0.25, -0.2) is 0 Å². The van der Waals surface area contributed by atoms with E-state index < -0.39 is 6.10 Å². The largest absolute Gasteiger partial charge is 0.462 e. The number of allylic oxidation sites excluding steroid dienone is 8. The van der Waals surface area contributed by atoms with Crippen LogP contribution in [-0.2, 0) is 23.8 Å². The maximum Gasteiger partial charge on any atom is 0.306 e. The van der Waals surface area contributed by atoms with E-state index >= 15 is 0 Å². The SMILES string of the molecule is CCCC/C=C\CCCCCCCC(=O)OCC(COCCCCCCCCC/C=C\C/C=C\C/C=C\CCCCC)OC(=O)CCCCCCC.